The van der Waals surface area contributed by atoms with Gasteiger partial charge >= 0.3 is 0 Å². The highest BCUT2D eigenvalue weighted by Gasteiger charge is 2.35. The fourth-order valence-electron chi connectivity index (χ4n) is 4.38. The van der Waals surface area contributed by atoms with Gasteiger partial charge in [-0.05, 0) is 61.4 Å². The van der Waals surface area contributed by atoms with Crippen LogP contribution in [-0.2, 0) is 21.4 Å². The third-order valence-corrected chi connectivity index (χ3v) is 9.40. The number of fused-ring (bicyclic) bond motifs is 1. The standard InChI is InChI=1S/C26H24F2N4O4S2/c1-36-19-5-8-23-24(14-19)37-26(30-23)32(16-18-4-2-3-11-29-18)25(33)17-9-12-31(13-10-17)38(34,35)20-6-7-21(27)22(28)15-20/h2-8,11,14-15,17H,9-10,12-13,16H2,1H3. The molecule has 1 amide bonds. The van der Waals surface area contributed by atoms with E-state index in [2.05, 4.69) is 9.97 Å². The summed E-state index contributed by atoms with van der Waals surface area (Å²) >= 11 is 1.36. The number of ether oxygens (including phenoxy) is 1. The molecule has 1 aliphatic rings. The van der Waals surface area contributed by atoms with Gasteiger partial charge in [0.1, 0.15) is 5.75 Å². The highest BCUT2D eigenvalue weighted by molar-refractivity contribution is 7.89. The Hall–Kier alpha value is -3.48. The van der Waals surface area contributed by atoms with Gasteiger partial charge in [0, 0.05) is 25.2 Å². The molecule has 2 aromatic heterocycles. The van der Waals surface area contributed by atoms with Crippen molar-refractivity contribution < 1.29 is 26.7 Å². The van der Waals surface area contributed by atoms with E-state index in [0.29, 0.717) is 22.6 Å². The Kier molecular flexibility index (Phi) is 7.37. The number of methoxy groups -OCH3 is 1. The molecule has 5 rings (SSSR count). The molecular formula is C26H24F2N4O4S2. The number of pyridine rings is 1. The van der Waals surface area contributed by atoms with Crippen LogP contribution in [0.1, 0.15) is 18.5 Å². The molecule has 0 radical (unpaired) electrons. The minimum atomic E-state index is -4.03. The topological polar surface area (TPSA) is 92.7 Å². The first-order valence-corrected chi connectivity index (χ1v) is 14.1. The fraction of sp³-hybridized carbons (Fsp3) is 0.269. The van der Waals surface area contributed by atoms with Crippen molar-refractivity contribution in [3.63, 3.8) is 0 Å². The Labute approximate surface area is 222 Å². The molecule has 1 aliphatic heterocycles. The largest absolute Gasteiger partial charge is 0.497 e. The molecule has 0 atom stereocenters. The number of thiazole rings is 1. The van der Waals surface area contributed by atoms with E-state index in [4.69, 9.17) is 4.74 Å². The Morgan fingerprint density at radius 3 is 2.58 bits per heavy atom. The van der Waals surface area contributed by atoms with E-state index in [0.717, 1.165) is 22.3 Å². The van der Waals surface area contributed by atoms with Crippen LogP contribution in [0.25, 0.3) is 10.2 Å². The maximum atomic E-state index is 13.8. The first kappa shape index (κ1) is 26.1. The molecular weight excluding hydrogens is 534 g/mol. The SMILES string of the molecule is COc1ccc2nc(N(Cc3ccccn3)C(=O)C3CCN(S(=O)(=O)c4ccc(F)c(F)c4)CC3)sc2c1. The predicted octanol–water partition coefficient (Wildman–Crippen LogP) is 4.61. The Balaban J connectivity index is 1.37. The highest BCUT2D eigenvalue weighted by Crippen LogP contribution is 2.34. The summed E-state index contributed by atoms with van der Waals surface area (Å²) in [5.74, 6) is -2.28. The van der Waals surface area contributed by atoms with Crippen LogP contribution in [0.3, 0.4) is 0 Å². The van der Waals surface area contributed by atoms with Crippen molar-refractivity contribution in [1.82, 2.24) is 14.3 Å². The van der Waals surface area contributed by atoms with E-state index in [1.807, 2.05) is 24.3 Å². The van der Waals surface area contributed by atoms with Crippen LogP contribution < -0.4 is 9.64 Å². The molecule has 0 unspecified atom stereocenters. The summed E-state index contributed by atoms with van der Waals surface area (Å²) in [6.07, 6.45) is 2.21. The van der Waals surface area contributed by atoms with Gasteiger partial charge in [0.15, 0.2) is 16.8 Å². The van der Waals surface area contributed by atoms with Crippen molar-refractivity contribution in [2.75, 3.05) is 25.1 Å². The minimum Gasteiger partial charge on any atom is -0.497 e. The molecule has 38 heavy (non-hydrogen) atoms. The number of carbonyl (C=O) groups is 1. The lowest BCUT2D eigenvalue weighted by Crippen LogP contribution is -2.44. The normalized spacial score (nSPS) is 15.0. The zero-order valence-electron chi connectivity index (χ0n) is 20.4. The van der Waals surface area contributed by atoms with Crippen LogP contribution in [0.2, 0.25) is 0 Å². The lowest BCUT2D eigenvalue weighted by molar-refractivity contribution is -0.123. The van der Waals surface area contributed by atoms with Crippen LogP contribution >= 0.6 is 11.3 Å². The van der Waals surface area contributed by atoms with Gasteiger partial charge in [-0.2, -0.15) is 4.31 Å². The first-order chi connectivity index (χ1) is 18.3. The number of hydrogen-bond acceptors (Lipinski definition) is 7. The maximum absolute atomic E-state index is 13.8. The number of rotatable bonds is 7. The molecule has 0 aliphatic carbocycles. The summed E-state index contributed by atoms with van der Waals surface area (Å²) in [7, 11) is -2.44. The lowest BCUT2D eigenvalue weighted by Gasteiger charge is -2.33. The molecule has 12 heteroatoms. The van der Waals surface area contributed by atoms with Crippen LogP contribution in [0.4, 0.5) is 13.9 Å². The molecule has 8 nitrogen and oxygen atoms in total. The number of nitrogens with zero attached hydrogens (tertiary/aromatic N) is 4. The number of anilines is 1. The quantitative estimate of drug-likeness (QED) is 0.329. The van der Waals surface area contributed by atoms with Crippen LogP contribution in [0.5, 0.6) is 5.75 Å². The molecule has 1 saturated heterocycles. The van der Waals surface area contributed by atoms with Gasteiger partial charge in [-0.25, -0.2) is 22.2 Å². The van der Waals surface area contributed by atoms with Gasteiger partial charge in [0.05, 0.1) is 34.5 Å². The average molecular weight is 559 g/mol. The molecule has 1 fully saturated rings. The number of piperidine rings is 1. The fourth-order valence-corrected chi connectivity index (χ4v) is 6.86. The number of amides is 1. The lowest BCUT2D eigenvalue weighted by atomic mass is 9.96. The van der Waals surface area contributed by atoms with Crippen molar-refractivity contribution in [3.8, 4) is 5.75 Å². The maximum Gasteiger partial charge on any atom is 0.243 e. The molecule has 0 spiro atoms. The summed E-state index contributed by atoms with van der Waals surface area (Å²) in [6.45, 7) is 0.364. The van der Waals surface area contributed by atoms with Crippen LogP contribution in [0, 0.1) is 17.6 Å². The number of hydrogen-bond donors (Lipinski definition) is 0. The molecule has 0 bridgehead atoms. The van der Waals surface area contributed by atoms with Crippen LogP contribution in [0.15, 0.2) is 65.7 Å². The zero-order chi connectivity index (χ0) is 26.9. The highest BCUT2D eigenvalue weighted by atomic mass is 32.2. The van der Waals surface area contributed by atoms with Crippen LogP contribution in [-0.4, -0.2) is 48.8 Å². The Morgan fingerprint density at radius 1 is 1.11 bits per heavy atom. The smallest absolute Gasteiger partial charge is 0.243 e. The summed E-state index contributed by atoms with van der Waals surface area (Å²) in [4.78, 5) is 24.1. The van der Waals surface area contributed by atoms with E-state index in [1.165, 1.54) is 15.6 Å². The summed E-state index contributed by atoms with van der Waals surface area (Å²) in [5, 5.41) is 0.515. The van der Waals surface area contributed by atoms with Gasteiger partial charge in [-0.1, -0.05) is 17.4 Å². The predicted molar refractivity (Wildman–Crippen MR) is 139 cm³/mol. The molecule has 4 aromatic rings. The third kappa shape index (κ3) is 5.24. The molecule has 2 aromatic carbocycles. The summed E-state index contributed by atoms with van der Waals surface area (Å²) < 4.78 is 60.3. The molecule has 198 valence electrons. The van der Waals surface area contributed by atoms with Crippen molar-refractivity contribution in [3.05, 3.63) is 78.1 Å². The summed E-state index contributed by atoms with van der Waals surface area (Å²) in [6, 6.07) is 13.5. The Morgan fingerprint density at radius 2 is 1.89 bits per heavy atom. The summed E-state index contributed by atoms with van der Waals surface area (Å²) in [5.41, 5.74) is 1.42. The zero-order valence-corrected chi connectivity index (χ0v) is 22.0. The van der Waals surface area contributed by atoms with E-state index in [-0.39, 0.29) is 43.3 Å². The van der Waals surface area contributed by atoms with Gasteiger partial charge in [-0.3, -0.25) is 14.7 Å². The molecule has 3 heterocycles. The monoisotopic (exact) mass is 558 g/mol. The number of halogens is 2. The Bertz CT molecular complexity index is 1570. The number of sulfonamides is 1. The number of aromatic nitrogens is 2. The second-order valence-corrected chi connectivity index (χ2v) is 11.8. The second-order valence-electron chi connectivity index (χ2n) is 8.83. The van der Waals surface area contributed by atoms with E-state index in [9.17, 15) is 22.0 Å². The van der Waals surface area contributed by atoms with Crippen molar-refractivity contribution in [1.29, 1.82) is 0 Å². The van der Waals surface area contributed by atoms with Gasteiger partial charge in [0.25, 0.3) is 0 Å². The van der Waals surface area contributed by atoms with Crippen molar-refractivity contribution >= 4 is 42.6 Å². The van der Waals surface area contributed by atoms with Crippen molar-refractivity contribution in [2.45, 2.75) is 24.3 Å². The van der Waals surface area contributed by atoms with Gasteiger partial charge in [-0.15, -0.1) is 0 Å². The average Bonchev–Trinajstić information content (AvgIpc) is 3.36. The molecule has 0 N–H and O–H groups in total. The van der Waals surface area contributed by atoms with Crippen molar-refractivity contribution in [2.24, 2.45) is 5.92 Å². The third-order valence-electron chi connectivity index (χ3n) is 6.46. The van der Waals surface area contributed by atoms with E-state index >= 15 is 0 Å². The second kappa shape index (κ2) is 10.7. The van der Waals surface area contributed by atoms with E-state index < -0.39 is 27.6 Å². The van der Waals surface area contributed by atoms with E-state index in [1.54, 1.807) is 30.3 Å². The first-order valence-electron chi connectivity index (χ1n) is 11.9. The minimum absolute atomic E-state index is 0.0756. The number of carbonyl (C=O) groups excluding carboxylic acids is 1. The van der Waals surface area contributed by atoms with Gasteiger partial charge < -0.3 is 4.74 Å². The van der Waals surface area contributed by atoms with Gasteiger partial charge in [0.2, 0.25) is 15.9 Å². The molecule has 0 saturated carbocycles. The number of benzene rings is 2.